The van der Waals surface area contributed by atoms with Crippen molar-refractivity contribution in [3.8, 4) is 39.7 Å². The molecule has 5 rings (SSSR count). The number of halogens is 3. The zero-order chi connectivity index (χ0) is 30.5. The van der Waals surface area contributed by atoms with Crippen LogP contribution in [0.15, 0.2) is 102 Å². The number of rotatable bonds is 11. The van der Waals surface area contributed by atoms with Gasteiger partial charge in [-0.25, -0.2) is 23.1 Å². The van der Waals surface area contributed by atoms with Crippen molar-refractivity contribution in [2.24, 2.45) is 0 Å². The molecule has 222 valence electrons. The number of anilines is 1. The minimum absolute atomic E-state index is 0.0804. The van der Waals surface area contributed by atoms with Gasteiger partial charge in [0.15, 0.2) is 0 Å². The van der Waals surface area contributed by atoms with Crippen molar-refractivity contribution in [2.45, 2.75) is 17.5 Å². The Kier molecular flexibility index (Phi) is 8.78. The summed E-state index contributed by atoms with van der Waals surface area (Å²) < 4.78 is 71.1. The van der Waals surface area contributed by atoms with Gasteiger partial charge in [-0.1, -0.05) is 42.5 Å². The Balaban J connectivity index is 1.27. The number of aromatic nitrogens is 3. The Morgan fingerprint density at radius 2 is 1.60 bits per heavy atom. The highest BCUT2D eigenvalue weighted by Gasteiger charge is 2.30. The van der Waals surface area contributed by atoms with E-state index in [1.165, 1.54) is 0 Å². The Morgan fingerprint density at radius 3 is 2.33 bits per heavy atom. The third-order valence-electron chi connectivity index (χ3n) is 6.59. The number of imidazole rings is 1. The number of alkyl halides is 3. The first-order valence-electron chi connectivity index (χ1n) is 13.3. The molecule has 0 saturated heterocycles. The molecule has 0 atom stereocenters. The van der Waals surface area contributed by atoms with Crippen molar-refractivity contribution in [3.63, 3.8) is 0 Å². The monoisotopic (exact) mass is 607 g/mol. The van der Waals surface area contributed by atoms with Gasteiger partial charge in [0, 0.05) is 36.0 Å². The molecular weight excluding hydrogens is 579 g/mol. The fourth-order valence-electron chi connectivity index (χ4n) is 4.39. The van der Waals surface area contributed by atoms with E-state index in [0.29, 0.717) is 30.4 Å². The quantitative estimate of drug-likeness (QED) is 0.146. The van der Waals surface area contributed by atoms with Crippen LogP contribution in [0.4, 0.5) is 19.0 Å². The molecule has 0 unspecified atom stereocenters. The normalized spacial score (nSPS) is 11.8. The average molecular weight is 608 g/mol. The van der Waals surface area contributed by atoms with Gasteiger partial charge in [0.25, 0.3) is 0 Å². The standard InChI is InChI=1S/C31H28F3N5O3S/c1-42-25-10-5-9-22(19-25)28-29(39-30(38-28)21-7-3-2-4-8-21)23-15-18-36-27(20-23)35-16-6-17-37-43(40,41)26-13-11-24(12-14-26)31(32,33)34/h2-5,7-15,18-20,37H,6,16-17H2,1H3,(H,35,36)(H,38,39). The number of ether oxygens (including phenoxy) is 1. The predicted octanol–water partition coefficient (Wildman–Crippen LogP) is 6.61. The van der Waals surface area contributed by atoms with Gasteiger partial charge in [-0.2, -0.15) is 13.2 Å². The summed E-state index contributed by atoms with van der Waals surface area (Å²) in [6.45, 7) is 0.476. The molecule has 3 aromatic carbocycles. The molecule has 0 aliphatic carbocycles. The van der Waals surface area contributed by atoms with E-state index in [-0.39, 0.29) is 11.4 Å². The van der Waals surface area contributed by atoms with Crippen LogP contribution in [0.5, 0.6) is 5.75 Å². The molecule has 2 aromatic heterocycles. The first-order chi connectivity index (χ1) is 20.6. The van der Waals surface area contributed by atoms with E-state index in [0.717, 1.165) is 52.3 Å². The van der Waals surface area contributed by atoms with Crippen LogP contribution in [0.2, 0.25) is 0 Å². The lowest BCUT2D eigenvalue weighted by Gasteiger charge is -2.10. The number of methoxy groups -OCH3 is 1. The second kappa shape index (κ2) is 12.7. The maximum atomic E-state index is 12.8. The van der Waals surface area contributed by atoms with Crippen LogP contribution in [0.3, 0.4) is 0 Å². The molecular formula is C31H28F3N5O3S. The lowest BCUT2D eigenvalue weighted by molar-refractivity contribution is -0.137. The second-order valence-corrected chi connectivity index (χ2v) is 11.3. The molecule has 12 heteroatoms. The summed E-state index contributed by atoms with van der Waals surface area (Å²) >= 11 is 0. The van der Waals surface area contributed by atoms with Crippen LogP contribution in [-0.4, -0.2) is 43.6 Å². The number of H-pyrrole nitrogens is 1. The summed E-state index contributed by atoms with van der Waals surface area (Å²) in [5.41, 5.74) is 3.28. The minimum atomic E-state index is -4.54. The van der Waals surface area contributed by atoms with Gasteiger partial charge < -0.3 is 15.0 Å². The molecule has 0 bridgehead atoms. The van der Waals surface area contributed by atoms with Crippen molar-refractivity contribution in [1.29, 1.82) is 0 Å². The van der Waals surface area contributed by atoms with E-state index in [2.05, 4.69) is 20.0 Å². The summed E-state index contributed by atoms with van der Waals surface area (Å²) in [7, 11) is -2.34. The van der Waals surface area contributed by atoms with Crippen molar-refractivity contribution in [2.75, 3.05) is 25.5 Å². The van der Waals surface area contributed by atoms with Crippen molar-refractivity contribution < 1.29 is 26.3 Å². The number of nitrogens with one attached hydrogen (secondary N) is 3. The lowest BCUT2D eigenvalue weighted by atomic mass is 10.1. The van der Waals surface area contributed by atoms with E-state index in [9.17, 15) is 21.6 Å². The van der Waals surface area contributed by atoms with Crippen molar-refractivity contribution in [1.82, 2.24) is 19.7 Å². The molecule has 5 aromatic rings. The molecule has 3 N–H and O–H groups in total. The maximum Gasteiger partial charge on any atom is 0.416 e. The summed E-state index contributed by atoms with van der Waals surface area (Å²) in [4.78, 5) is 12.5. The maximum absolute atomic E-state index is 12.8. The van der Waals surface area contributed by atoms with Crippen LogP contribution in [0.1, 0.15) is 12.0 Å². The number of nitrogens with zero attached hydrogens (tertiary/aromatic N) is 2. The van der Waals surface area contributed by atoms with E-state index in [4.69, 9.17) is 9.72 Å². The summed E-state index contributed by atoms with van der Waals surface area (Å²) in [5.74, 6) is 1.99. The number of pyridine rings is 1. The van der Waals surface area contributed by atoms with E-state index >= 15 is 0 Å². The highest BCUT2D eigenvalue weighted by molar-refractivity contribution is 7.89. The largest absolute Gasteiger partial charge is 0.497 e. The third-order valence-corrected chi connectivity index (χ3v) is 8.06. The lowest BCUT2D eigenvalue weighted by Crippen LogP contribution is -2.26. The van der Waals surface area contributed by atoms with Gasteiger partial charge in [-0.3, -0.25) is 0 Å². The molecule has 0 radical (unpaired) electrons. The number of sulfonamides is 1. The van der Waals surface area contributed by atoms with Crippen LogP contribution in [0.25, 0.3) is 33.9 Å². The summed E-state index contributed by atoms with van der Waals surface area (Å²) in [5, 5.41) is 3.20. The molecule has 43 heavy (non-hydrogen) atoms. The molecule has 8 nitrogen and oxygen atoms in total. The van der Waals surface area contributed by atoms with Crippen LogP contribution in [-0.2, 0) is 16.2 Å². The topological polar surface area (TPSA) is 109 Å². The van der Waals surface area contributed by atoms with E-state index in [1.807, 2.05) is 66.7 Å². The Labute approximate surface area is 247 Å². The number of aromatic amines is 1. The predicted molar refractivity (Wildman–Crippen MR) is 159 cm³/mol. The van der Waals surface area contributed by atoms with Gasteiger partial charge in [-0.15, -0.1) is 0 Å². The van der Waals surface area contributed by atoms with E-state index < -0.39 is 21.8 Å². The number of benzene rings is 3. The molecule has 0 saturated carbocycles. The van der Waals surface area contributed by atoms with Crippen molar-refractivity contribution >= 4 is 15.8 Å². The number of hydrogen-bond acceptors (Lipinski definition) is 6. The molecule has 0 aliphatic rings. The smallest absolute Gasteiger partial charge is 0.416 e. The summed E-state index contributed by atoms with van der Waals surface area (Å²) in [6.07, 6.45) is -2.46. The Hall–Kier alpha value is -4.68. The first kappa shape index (κ1) is 29.8. The van der Waals surface area contributed by atoms with Gasteiger partial charge in [0.1, 0.15) is 17.4 Å². The minimum Gasteiger partial charge on any atom is -0.497 e. The highest BCUT2D eigenvalue weighted by atomic mass is 32.2. The van der Waals surface area contributed by atoms with Crippen LogP contribution in [0, 0.1) is 0 Å². The zero-order valence-corrected chi connectivity index (χ0v) is 23.8. The highest BCUT2D eigenvalue weighted by Crippen LogP contribution is 2.35. The van der Waals surface area contributed by atoms with Crippen molar-refractivity contribution in [3.05, 3.63) is 103 Å². The average Bonchev–Trinajstić information content (AvgIpc) is 3.47. The number of hydrogen-bond donors (Lipinski definition) is 3. The van der Waals surface area contributed by atoms with Gasteiger partial charge >= 0.3 is 6.18 Å². The fourth-order valence-corrected chi connectivity index (χ4v) is 5.47. The van der Waals surface area contributed by atoms with E-state index in [1.54, 1.807) is 13.3 Å². The van der Waals surface area contributed by atoms with Gasteiger partial charge in [0.05, 0.1) is 29.0 Å². The Bertz CT molecular complexity index is 1790. The van der Waals surface area contributed by atoms with Crippen LogP contribution < -0.4 is 14.8 Å². The fraction of sp³-hybridized carbons (Fsp3) is 0.161. The molecule has 2 heterocycles. The molecule has 0 spiro atoms. The molecule has 0 aliphatic heterocycles. The molecule has 0 amide bonds. The Morgan fingerprint density at radius 1 is 0.860 bits per heavy atom. The van der Waals surface area contributed by atoms with Gasteiger partial charge in [0.2, 0.25) is 10.0 Å². The van der Waals surface area contributed by atoms with Crippen LogP contribution >= 0.6 is 0 Å². The SMILES string of the molecule is COc1cccc(-c2nc(-c3ccccc3)[nH]c2-c2ccnc(NCCCNS(=O)(=O)c3ccc(C(F)(F)F)cc3)c2)c1. The zero-order valence-electron chi connectivity index (χ0n) is 23.0. The second-order valence-electron chi connectivity index (χ2n) is 9.54. The van der Waals surface area contributed by atoms with Gasteiger partial charge in [-0.05, 0) is 55.0 Å². The first-order valence-corrected chi connectivity index (χ1v) is 14.8. The summed E-state index contributed by atoms with van der Waals surface area (Å²) in [6, 6.07) is 24.6. The molecule has 0 fully saturated rings. The third kappa shape index (κ3) is 7.22.